The van der Waals surface area contributed by atoms with Crippen LogP contribution < -0.4 is 4.74 Å². The van der Waals surface area contributed by atoms with Crippen LogP contribution in [0.25, 0.3) is 0 Å². The number of aliphatic hydroxyl groups is 3. The second-order valence-corrected chi connectivity index (χ2v) is 10.0. The molecule has 1 saturated heterocycles. The van der Waals surface area contributed by atoms with Crippen molar-refractivity contribution in [2.24, 2.45) is 17.3 Å². The first-order chi connectivity index (χ1) is 15.2. The number of ketones is 1. The molecule has 1 aromatic rings. The molecule has 0 spiro atoms. The maximum Gasteiger partial charge on any atom is 0.335 e. The molecule has 8 nitrogen and oxygen atoms in total. The number of hydrogen-bond acceptors (Lipinski definition) is 7. The van der Waals surface area contributed by atoms with Crippen molar-refractivity contribution >= 4 is 11.8 Å². The van der Waals surface area contributed by atoms with Crippen molar-refractivity contribution in [1.82, 2.24) is 0 Å². The summed E-state index contributed by atoms with van der Waals surface area (Å²) in [6.07, 6.45) is -2.65. The minimum atomic E-state index is -1.75. The normalized spacial score (nSPS) is 43.2. The third-order valence-corrected chi connectivity index (χ3v) is 8.47. The van der Waals surface area contributed by atoms with Crippen LogP contribution in [-0.4, -0.2) is 62.9 Å². The minimum absolute atomic E-state index is 0.164. The van der Waals surface area contributed by atoms with Crippen molar-refractivity contribution in [2.75, 3.05) is 0 Å². The molecule has 0 unspecified atom stereocenters. The molecule has 1 heterocycles. The number of carboxylic acids is 1. The number of ether oxygens (including phenoxy) is 2. The number of aliphatic carboxylic acids is 1. The minimum Gasteiger partial charge on any atom is -0.479 e. The van der Waals surface area contributed by atoms with Crippen LogP contribution in [0.4, 0.5) is 0 Å². The molecule has 4 aliphatic rings. The van der Waals surface area contributed by atoms with Gasteiger partial charge in [0.15, 0.2) is 6.10 Å². The second-order valence-electron chi connectivity index (χ2n) is 10.0. The van der Waals surface area contributed by atoms with E-state index in [1.807, 2.05) is 12.1 Å². The Hall–Kier alpha value is -2.00. The number of aryl methyl sites for hydroxylation is 1. The molecular weight excluding hydrogens is 416 g/mol. The van der Waals surface area contributed by atoms with Crippen LogP contribution in [0, 0.1) is 17.3 Å². The van der Waals surface area contributed by atoms with Gasteiger partial charge in [0, 0.05) is 11.8 Å². The molecule has 1 aromatic carbocycles. The summed E-state index contributed by atoms with van der Waals surface area (Å²) in [7, 11) is 0. The van der Waals surface area contributed by atoms with Gasteiger partial charge in [0.05, 0.1) is 0 Å². The Labute approximate surface area is 186 Å². The van der Waals surface area contributed by atoms with E-state index in [4.69, 9.17) is 9.47 Å². The van der Waals surface area contributed by atoms with Crippen LogP contribution in [0.15, 0.2) is 18.2 Å². The molecule has 0 amide bonds. The molecule has 0 bridgehead atoms. The summed E-state index contributed by atoms with van der Waals surface area (Å²) in [6.45, 7) is 2.15. The number of fused-ring (bicyclic) bond motifs is 5. The van der Waals surface area contributed by atoms with Crippen LogP contribution in [0.5, 0.6) is 5.75 Å². The zero-order valence-electron chi connectivity index (χ0n) is 18.0. The van der Waals surface area contributed by atoms with E-state index in [-0.39, 0.29) is 5.41 Å². The van der Waals surface area contributed by atoms with Gasteiger partial charge in [-0.3, -0.25) is 4.79 Å². The van der Waals surface area contributed by atoms with Gasteiger partial charge in [-0.05, 0) is 73.1 Å². The van der Waals surface area contributed by atoms with Crippen molar-refractivity contribution in [3.8, 4) is 5.75 Å². The average molecular weight is 446 g/mol. The number of carboxylic acid groups (broad SMARTS) is 1. The largest absolute Gasteiger partial charge is 0.479 e. The van der Waals surface area contributed by atoms with E-state index in [1.54, 1.807) is 6.07 Å². The molecule has 32 heavy (non-hydrogen) atoms. The van der Waals surface area contributed by atoms with Gasteiger partial charge in [-0.1, -0.05) is 13.0 Å². The van der Waals surface area contributed by atoms with E-state index in [2.05, 4.69) is 6.92 Å². The molecule has 3 aliphatic carbocycles. The lowest BCUT2D eigenvalue weighted by atomic mass is 9.55. The first kappa shape index (κ1) is 21.8. The van der Waals surface area contributed by atoms with Gasteiger partial charge in [0.2, 0.25) is 6.29 Å². The number of hydrogen-bond donors (Lipinski definition) is 4. The Morgan fingerprint density at radius 1 is 1.09 bits per heavy atom. The zero-order valence-corrected chi connectivity index (χ0v) is 18.0. The molecule has 1 aliphatic heterocycles. The summed E-state index contributed by atoms with van der Waals surface area (Å²) in [5.41, 5.74) is 2.26. The molecule has 9 atom stereocenters. The Balaban J connectivity index is 1.35. The predicted molar refractivity (Wildman–Crippen MR) is 111 cm³/mol. The smallest absolute Gasteiger partial charge is 0.335 e. The molecule has 8 heteroatoms. The van der Waals surface area contributed by atoms with Gasteiger partial charge in [-0.25, -0.2) is 4.79 Å². The van der Waals surface area contributed by atoms with E-state index in [0.717, 1.165) is 37.7 Å². The topological polar surface area (TPSA) is 134 Å². The Morgan fingerprint density at radius 2 is 1.88 bits per heavy atom. The van der Waals surface area contributed by atoms with Gasteiger partial charge < -0.3 is 29.9 Å². The summed E-state index contributed by atoms with van der Waals surface area (Å²) < 4.78 is 10.9. The monoisotopic (exact) mass is 446 g/mol. The third-order valence-electron chi connectivity index (χ3n) is 8.47. The van der Waals surface area contributed by atoms with Crippen LogP contribution in [-0.2, 0) is 20.7 Å². The van der Waals surface area contributed by atoms with E-state index in [1.165, 1.54) is 5.56 Å². The van der Waals surface area contributed by atoms with Crippen molar-refractivity contribution in [3.63, 3.8) is 0 Å². The lowest BCUT2D eigenvalue weighted by molar-refractivity contribution is -0.271. The molecule has 2 saturated carbocycles. The van der Waals surface area contributed by atoms with Gasteiger partial charge in [-0.15, -0.1) is 0 Å². The molecular formula is C24H30O8. The highest BCUT2D eigenvalue weighted by atomic mass is 16.7. The molecule has 0 aromatic heterocycles. The molecule has 3 fully saturated rings. The fraction of sp³-hybridized carbons (Fsp3) is 0.667. The average Bonchev–Trinajstić information content (AvgIpc) is 3.08. The van der Waals surface area contributed by atoms with Crippen molar-refractivity contribution in [3.05, 3.63) is 29.3 Å². The Morgan fingerprint density at radius 3 is 2.62 bits per heavy atom. The molecule has 0 radical (unpaired) electrons. The molecule has 5 rings (SSSR count). The first-order valence-corrected chi connectivity index (χ1v) is 11.5. The highest BCUT2D eigenvalue weighted by molar-refractivity contribution is 5.87. The van der Waals surface area contributed by atoms with Crippen LogP contribution in [0.1, 0.15) is 56.1 Å². The van der Waals surface area contributed by atoms with Gasteiger partial charge >= 0.3 is 5.97 Å². The van der Waals surface area contributed by atoms with E-state index in [9.17, 15) is 30.0 Å². The first-order valence-electron chi connectivity index (χ1n) is 11.5. The number of aliphatic hydroxyl groups excluding tert-OH is 3. The van der Waals surface area contributed by atoms with Crippen LogP contribution in [0.2, 0.25) is 0 Å². The van der Waals surface area contributed by atoms with Gasteiger partial charge in [0.1, 0.15) is 29.8 Å². The van der Waals surface area contributed by atoms with E-state index >= 15 is 0 Å². The van der Waals surface area contributed by atoms with Crippen LogP contribution in [0.3, 0.4) is 0 Å². The summed E-state index contributed by atoms with van der Waals surface area (Å²) in [5.74, 6) is 0.773. The van der Waals surface area contributed by atoms with Crippen LogP contribution >= 0.6 is 0 Å². The molecule has 4 N–H and O–H groups in total. The number of carbonyl (C=O) groups excluding carboxylic acids is 1. The lowest BCUT2D eigenvalue weighted by Gasteiger charge is -2.48. The highest BCUT2D eigenvalue weighted by Gasteiger charge is 2.54. The van der Waals surface area contributed by atoms with E-state index < -0.39 is 36.7 Å². The fourth-order valence-corrected chi connectivity index (χ4v) is 6.69. The standard InChI is InChI=1S/C24H30O8/c1-24-9-8-14-13-5-3-12(10-11(13)2-4-15(14)16(24)6-7-17(24)25)31-23-20(28)18(26)19(27)21(32-23)22(29)30/h3,5,10,14-16,18-21,23,26-28H,2,4,6-9H2,1H3,(H,29,30)/t14-,15+,16-,18-,19-,20+,21-,23+,24-/m0/s1. The highest BCUT2D eigenvalue weighted by Crippen LogP contribution is 2.59. The molecule has 174 valence electrons. The Kier molecular flexibility index (Phi) is 5.32. The van der Waals surface area contributed by atoms with Gasteiger partial charge in [-0.2, -0.15) is 0 Å². The third kappa shape index (κ3) is 3.27. The summed E-state index contributed by atoms with van der Waals surface area (Å²) in [4.78, 5) is 23.8. The van der Waals surface area contributed by atoms with E-state index in [0.29, 0.717) is 35.7 Å². The lowest BCUT2D eigenvalue weighted by Crippen LogP contribution is -2.61. The number of Topliss-reactive ketones (excluding diaryl/α,β-unsaturated/α-hetero) is 1. The zero-order chi connectivity index (χ0) is 22.8. The van der Waals surface area contributed by atoms with Crippen molar-refractivity contribution < 1.29 is 39.5 Å². The number of rotatable bonds is 3. The SMILES string of the molecule is C[C@]12CC[C@H]3c4ccc(O[C@@H]5O[C@H](C(=O)O)[C@@H](O)[C@H](O)[C@H]5O)cc4CC[C@H]3[C@@H]1CCC2=O. The Bertz CT molecular complexity index is 931. The fourth-order valence-electron chi connectivity index (χ4n) is 6.69. The number of benzene rings is 1. The van der Waals surface area contributed by atoms with Gasteiger partial charge in [0.25, 0.3) is 0 Å². The predicted octanol–water partition coefficient (Wildman–Crippen LogP) is 1.38. The van der Waals surface area contributed by atoms with Crippen molar-refractivity contribution in [2.45, 2.75) is 82.1 Å². The number of carbonyl (C=O) groups is 2. The quantitative estimate of drug-likeness (QED) is 0.547. The van der Waals surface area contributed by atoms with Crippen molar-refractivity contribution in [1.29, 1.82) is 0 Å². The maximum atomic E-state index is 12.5. The maximum absolute atomic E-state index is 12.5. The summed E-state index contributed by atoms with van der Waals surface area (Å²) in [5, 5.41) is 39.3. The summed E-state index contributed by atoms with van der Waals surface area (Å²) >= 11 is 0. The summed E-state index contributed by atoms with van der Waals surface area (Å²) in [6, 6.07) is 5.69. The second kappa shape index (κ2) is 7.80.